The Morgan fingerprint density at radius 1 is 1.47 bits per heavy atom. The van der Waals surface area contributed by atoms with Crippen LogP contribution in [0.2, 0.25) is 0 Å². The molecule has 19 heavy (non-hydrogen) atoms. The molecule has 1 fully saturated rings. The number of rotatable bonds is 4. The fraction of sp³-hybridized carbons (Fsp3) is 0.571. The van der Waals surface area contributed by atoms with E-state index < -0.39 is 10.8 Å². The second-order valence-electron chi connectivity index (χ2n) is 5.16. The Morgan fingerprint density at radius 3 is 2.95 bits per heavy atom. The van der Waals surface area contributed by atoms with Crippen LogP contribution in [0.3, 0.4) is 0 Å². The molecule has 106 valence electrons. The van der Waals surface area contributed by atoms with Crippen LogP contribution in [0.5, 0.6) is 0 Å². The van der Waals surface area contributed by atoms with E-state index in [1.165, 1.54) is 25.8 Å². The minimum absolute atomic E-state index is 0.588. The highest BCUT2D eigenvalue weighted by atomic mass is 79.9. The molecule has 3 nitrogen and oxygen atoms in total. The standard InChI is InChI=1S/C14H21BrN2OS/c1-17-8-3-2-4-12(17)7-9-19(18)14-6-5-11(16)10-13(14)15/h5-6,10,12H,2-4,7-9,16H2,1H3. The maximum Gasteiger partial charge on any atom is 0.0541 e. The maximum absolute atomic E-state index is 12.3. The Bertz CT molecular complexity index is 467. The van der Waals surface area contributed by atoms with Crippen LogP contribution in [0.15, 0.2) is 27.6 Å². The predicted octanol–water partition coefficient (Wildman–Crippen LogP) is 3.01. The van der Waals surface area contributed by atoms with E-state index in [-0.39, 0.29) is 0 Å². The topological polar surface area (TPSA) is 46.3 Å². The van der Waals surface area contributed by atoms with Gasteiger partial charge in [0.15, 0.2) is 0 Å². The van der Waals surface area contributed by atoms with Crippen LogP contribution in [0.25, 0.3) is 0 Å². The van der Waals surface area contributed by atoms with Crippen LogP contribution in [0, 0.1) is 0 Å². The molecule has 2 atom stereocenters. The summed E-state index contributed by atoms with van der Waals surface area (Å²) in [6.45, 7) is 1.17. The van der Waals surface area contributed by atoms with Crippen molar-refractivity contribution in [2.24, 2.45) is 0 Å². The van der Waals surface area contributed by atoms with Crippen molar-refractivity contribution in [2.45, 2.75) is 36.6 Å². The van der Waals surface area contributed by atoms with Crippen molar-refractivity contribution in [3.8, 4) is 0 Å². The Labute approximate surface area is 126 Å². The van der Waals surface area contributed by atoms with Crippen LogP contribution in [0.4, 0.5) is 5.69 Å². The fourth-order valence-electron chi connectivity index (χ4n) is 2.56. The van der Waals surface area contributed by atoms with Crippen molar-refractivity contribution in [1.29, 1.82) is 0 Å². The second-order valence-corrected chi connectivity index (χ2v) is 7.55. The average Bonchev–Trinajstić information content (AvgIpc) is 2.37. The van der Waals surface area contributed by atoms with Crippen molar-refractivity contribution in [2.75, 3.05) is 25.1 Å². The number of hydrogen-bond donors (Lipinski definition) is 1. The van der Waals surface area contributed by atoms with Gasteiger partial charge < -0.3 is 10.6 Å². The highest BCUT2D eigenvalue weighted by Crippen LogP contribution is 2.25. The smallest absolute Gasteiger partial charge is 0.0541 e. The number of likely N-dealkylation sites (tertiary alicyclic amines) is 1. The number of halogens is 1. The van der Waals surface area contributed by atoms with Gasteiger partial charge in [-0.15, -0.1) is 0 Å². The SMILES string of the molecule is CN1CCCCC1CCS(=O)c1ccc(N)cc1Br. The van der Waals surface area contributed by atoms with Gasteiger partial charge >= 0.3 is 0 Å². The molecule has 1 aromatic carbocycles. The van der Waals surface area contributed by atoms with E-state index in [1.807, 2.05) is 18.2 Å². The number of anilines is 1. The van der Waals surface area contributed by atoms with Crippen LogP contribution in [-0.2, 0) is 10.8 Å². The van der Waals surface area contributed by atoms with E-state index in [9.17, 15) is 4.21 Å². The van der Waals surface area contributed by atoms with Gasteiger partial charge in [-0.25, -0.2) is 0 Å². The van der Waals surface area contributed by atoms with Crippen LogP contribution < -0.4 is 5.73 Å². The Balaban J connectivity index is 1.93. The predicted molar refractivity (Wildman–Crippen MR) is 84.7 cm³/mol. The molecule has 0 saturated carbocycles. The summed E-state index contributed by atoms with van der Waals surface area (Å²) in [5.41, 5.74) is 6.40. The summed E-state index contributed by atoms with van der Waals surface area (Å²) in [5, 5.41) is 0. The lowest BCUT2D eigenvalue weighted by Gasteiger charge is -2.32. The van der Waals surface area contributed by atoms with Gasteiger partial charge in [-0.3, -0.25) is 4.21 Å². The summed E-state index contributed by atoms with van der Waals surface area (Å²) in [7, 11) is 1.22. The number of nitrogens with zero attached hydrogens (tertiary/aromatic N) is 1. The molecule has 1 heterocycles. The highest BCUT2D eigenvalue weighted by Gasteiger charge is 2.20. The number of nitrogens with two attached hydrogens (primary N) is 1. The molecule has 0 aromatic heterocycles. The van der Waals surface area contributed by atoms with E-state index in [2.05, 4.69) is 27.9 Å². The maximum atomic E-state index is 12.3. The van der Waals surface area contributed by atoms with Crippen LogP contribution in [-0.4, -0.2) is 34.5 Å². The minimum atomic E-state index is -0.949. The summed E-state index contributed by atoms with van der Waals surface area (Å²) in [5.74, 6) is 0.720. The zero-order chi connectivity index (χ0) is 13.8. The molecule has 2 N–H and O–H groups in total. The number of nitrogen functional groups attached to an aromatic ring is 1. The first-order valence-corrected chi connectivity index (χ1v) is 8.83. The van der Waals surface area contributed by atoms with Crippen molar-refractivity contribution in [3.63, 3.8) is 0 Å². The summed E-state index contributed by atoms with van der Waals surface area (Å²) in [4.78, 5) is 3.26. The normalized spacial score (nSPS) is 22.3. The van der Waals surface area contributed by atoms with Gasteiger partial charge in [0.25, 0.3) is 0 Å². The molecule has 1 aliphatic heterocycles. The van der Waals surface area contributed by atoms with Crippen molar-refractivity contribution in [1.82, 2.24) is 4.90 Å². The Kier molecular flexibility index (Phi) is 5.42. The second kappa shape index (κ2) is 6.86. The molecule has 0 bridgehead atoms. The molecule has 5 heteroatoms. The summed E-state index contributed by atoms with van der Waals surface area (Å²) >= 11 is 3.44. The van der Waals surface area contributed by atoms with Crippen molar-refractivity contribution >= 4 is 32.4 Å². The monoisotopic (exact) mass is 344 g/mol. The minimum Gasteiger partial charge on any atom is -0.399 e. The lowest BCUT2D eigenvalue weighted by molar-refractivity contribution is 0.182. The van der Waals surface area contributed by atoms with Crippen LogP contribution >= 0.6 is 15.9 Å². The summed E-state index contributed by atoms with van der Waals surface area (Å²) < 4.78 is 13.2. The van der Waals surface area contributed by atoms with Crippen molar-refractivity contribution in [3.05, 3.63) is 22.7 Å². The first kappa shape index (κ1) is 15.0. The summed E-state index contributed by atoms with van der Waals surface area (Å²) in [6.07, 6.45) is 4.82. The fourth-order valence-corrected chi connectivity index (χ4v) is 4.70. The first-order chi connectivity index (χ1) is 9.08. The number of hydrogen-bond acceptors (Lipinski definition) is 3. The molecule has 1 aliphatic rings. The van der Waals surface area contributed by atoms with E-state index in [0.29, 0.717) is 11.7 Å². The molecular formula is C14H21BrN2OS. The first-order valence-electron chi connectivity index (χ1n) is 6.71. The molecule has 1 aromatic rings. The molecule has 2 rings (SSSR count). The third-order valence-corrected chi connectivity index (χ3v) is 6.13. The van der Waals surface area contributed by atoms with E-state index >= 15 is 0 Å². The van der Waals surface area contributed by atoms with Gasteiger partial charge in [0.05, 0.1) is 15.7 Å². The number of piperidine rings is 1. The quantitative estimate of drug-likeness (QED) is 0.854. The molecule has 2 unspecified atom stereocenters. The molecule has 1 saturated heterocycles. The van der Waals surface area contributed by atoms with Gasteiger partial charge in [-0.2, -0.15) is 0 Å². The molecule has 0 spiro atoms. The zero-order valence-corrected chi connectivity index (χ0v) is 13.7. The average molecular weight is 345 g/mol. The molecule has 0 amide bonds. The van der Waals surface area contributed by atoms with Crippen LogP contribution in [0.1, 0.15) is 25.7 Å². The molecule has 0 aliphatic carbocycles. The van der Waals surface area contributed by atoms with E-state index in [1.54, 1.807) is 0 Å². The van der Waals surface area contributed by atoms with Gasteiger partial charge in [0.2, 0.25) is 0 Å². The lowest BCUT2D eigenvalue weighted by atomic mass is 10.0. The largest absolute Gasteiger partial charge is 0.399 e. The zero-order valence-electron chi connectivity index (χ0n) is 11.3. The van der Waals surface area contributed by atoms with Gasteiger partial charge in [-0.05, 0) is 67.0 Å². The van der Waals surface area contributed by atoms with Gasteiger partial charge in [0, 0.05) is 22.0 Å². The lowest BCUT2D eigenvalue weighted by Crippen LogP contribution is -2.37. The third kappa shape index (κ3) is 4.04. The van der Waals surface area contributed by atoms with Crippen molar-refractivity contribution < 1.29 is 4.21 Å². The third-order valence-electron chi connectivity index (χ3n) is 3.76. The van der Waals surface area contributed by atoms with Gasteiger partial charge in [0.1, 0.15) is 0 Å². The van der Waals surface area contributed by atoms with E-state index in [4.69, 9.17) is 5.73 Å². The number of benzene rings is 1. The Morgan fingerprint density at radius 2 is 2.26 bits per heavy atom. The molecular weight excluding hydrogens is 324 g/mol. The molecule has 0 radical (unpaired) electrons. The van der Waals surface area contributed by atoms with Gasteiger partial charge in [-0.1, -0.05) is 6.42 Å². The summed E-state index contributed by atoms with van der Waals surface area (Å²) in [6, 6.07) is 6.08. The highest BCUT2D eigenvalue weighted by molar-refractivity contribution is 9.10. The Hall–Kier alpha value is -0.390. The van der Waals surface area contributed by atoms with E-state index in [0.717, 1.165) is 21.5 Å².